The van der Waals surface area contributed by atoms with Crippen LogP contribution in [0.2, 0.25) is 0 Å². The lowest BCUT2D eigenvalue weighted by atomic mass is 9.93. The Labute approximate surface area is 377 Å². The number of amides is 1. The van der Waals surface area contributed by atoms with Gasteiger partial charge in [-0.05, 0) is 46.2 Å². The SMILES string of the molecule is CCCCCCCCCCCCCCCCCN(C[C@H]1O[C@@H](n2ccc(N)nc2=O)C(F)C1OP(=O)(O)OC(C)C)C(=O)CC1C(OC)[C@H](n2ccc(N)nc2=O)O[C@@H]1COC(C)C. The summed E-state index contributed by atoms with van der Waals surface area (Å²) in [7, 11) is -3.41. The Kier molecular flexibility index (Phi) is 22.3. The molecule has 0 saturated carbocycles. The third kappa shape index (κ3) is 16.5. The minimum absolute atomic E-state index is 0.0362. The molecule has 4 heterocycles. The van der Waals surface area contributed by atoms with E-state index in [1.807, 2.05) is 13.8 Å². The van der Waals surface area contributed by atoms with Crippen LogP contribution in [0.1, 0.15) is 150 Å². The van der Waals surface area contributed by atoms with E-state index < -0.39 is 74.3 Å². The predicted octanol–water partition coefficient (Wildman–Crippen LogP) is 6.85. The Hall–Kier alpha value is -3.29. The van der Waals surface area contributed by atoms with Gasteiger partial charge in [-0.25, -0.2) is 18.5 Å². The molecule has 0 aromatic carbocycles. The summed E-state index contributed by atoms with van der Waals surface area (Å²) in [5.74, 6) is -1.07. The second-order valence-electron chi connectivity index (χ2n) is 17.6. The van der Waals surface area contributed by atoms with Crippen LogP contribution in [0.5, 0.6) is 0 Å². The summed E-state index contributed by atoms with van der Waals surface area (Å²) in [6.45, 7) is 9.05. The smallest absolute Gasteiger partial charge is 0.383 e. The molecule has 9 atom stereocenters. The summed E-state index contributed by atoms with van der Waals surface area (Å²) < 4.78 is 66.8. The molecule has 2 aliphatic heterocycles. The zero-order valence-electron chi connectivity index (χ0n) is 38.8. The molecule has 0 spiro atoms. The van der Waals surface area contributed by atoms with E-state index in [1.54, 1.807) is 0 Å². The number of hydrogen-bond acceptors (Lipinski definition) is 14. The van der Waals surface area contributed by atoms with Crippen LogP contribution in [-0.4, -0.2) is 104 Å². The maximum absolute atomic E-state index is 16.5. The molecule has 2 aromatic heterocycles. The molecule has 2 fully saturated rings. The number of alkyl halides is 1. The predicted molar refractivity (Wildman–Crippen MR) is 241 cm³/mol. The monoisotopic (exact) mass is 928 g/mol. The van der Waals surface area contributed by atoms with Crippen molar-refractivity contribution in [2.75, 3.05) is 38.3 Å². The first-order valence-electron chi connectivity index (χ1n) is 23.3. The standard InChI is InChI=1S/C44H75FN7O11P/c1-7-8-9-10-11-12-13-14-15-16-17-18-19-20-21-24-50(28-33-40(63-64(56,57)62-31(4)5)38(45)41(60-33)51-25-22-35(46)48-43(51)54)37(53)27-32-34(29-59-30(2)3)61-42(39(32)58-6)52-26-23-36(47)49-44(52)55/h22-23,25-26,30-34,38-42H,7-21,24,27-29H2,1-6H3,(H,56,57)(H2,46,48,54)(H2,47,49,55)/t32?,33-,34-,38?,39?,40?,41-,42-/m1/s1. The van der Waals surface area contributed by atoms with Crippen molar-refractivity contribution in [3.63, 3.8) is 0 Å². The van der Waals surface area contributed by atoms with Gasteiger partial charge in [0.05, 0.1) is 24.9 Å². The van der Waals surface area contributed by atoms with Gasteiger partial charge in [0.25, 0.3) is 0 Å². The van der Waals surface area contributed by atoms with Gasteiger partial charge >= 0.3 is 19.2 Å². The highest BCUT2D eigenvalue weighted by Gasteiger charge is 2.52. The van der Waals surface area contributed by atoms with E-state index in [4.69, 9.17) is 39.5 Å². The maximum Gasteiger partial charge on any atom is 0.472 e. The highest BCUT2D eigenvalue weighted by molar-refractivity contribution is 7.47. The first kappa shape index (κ1) is 53.3. The van der Waals surface area contributed by atoms with Crippen LogP contribution in [0, 0.1) is 5.92 Å². The topological polar surface area (TPSA) is 235 Å². The van der Waals surface area contributed by atoms with Gasteiger partial charge in [0.15, 0.2) is 18.6 Å². The number of phosphoric acid groups is 1. The second kappa shape index (κ2) is 26.8. The number of nitrogens with two attached hydrogens (primary N) is 2. The van der Waals surface area contributed by atoms with Crippen LogP contribution in [0.3, 0.4) is 0 Å². The Morgan fingerprint density at radius 3 is 1.80 bits per heavy atom. The van der Waals surface area contributed by atoms with Crippen molar-refractivity contribution in [1.29, 1.82) is 0 Å². The molecule has 0 aliphatic carbocycles. The lowest BCUT2D eigenvalue weighted by Gasteiger charge is -2.31. The number of anilines is 2. The van der Waals surface area contributed by atoms with E-state index in [2.05, 4.69) is 16.9 Å². The fourth-order valence-corrected chi connectivity index (χ4v) is 9.55. The molecule has 5 N–H and O–H groups in total. The van der Waals surface area contributed by atoms with Crippen LogP contribution in [0.4, 0.5) is 16.0 Å². The number of aromatic nitrogens is 4. The van der Waals surface area contributed by atoms with E-state index >= 15 is 4.39 Å². The molecule has 0 radical (unpaired) electrons. The van der Waals surface area contributed by atoms with Crippen LogP contribution in [-0.2, 0) is 37.4 Å². The third-order valence-electron chi connectivity index (χ3n) is 11.7. The lowest BCUT2D eigenvalue weighted by molar-refractivity contribution is -0.137. The third-order valence-corrected chi connectivity index (χ3v) is 12.9. The molecule has 0 bridgehead atoms. The van der Waals surface area contributed by atoms with E-state index in [0.717, 1.165) is 30.3 Å². The van der Waals surface area contributed by atoms with Crippen molar-refractivity contribution in [2.24, 2.45) is 5.92 Å². The lowest BCUT2D eigenvalue weighted by Crippen LogP contribution is -2.45. The molecule has 64 heavy (non-hydrogen) atoms. The van der Waals surface area contributed by atoms with Crippen molar-refractivity contribution in [3.8, 4) is 0 Å². The maximum atomic E-state index is 16.5. The largest absolute Gasteiger partial charge is 0.472 e. The number of rotatable bonds is 30. The number of halogens is 1. The van der Waals surface area contributed by atoms with E-state index in [-0.39, 0.29) is 49.8 Å². The van der Waals surface area contributed by atoms with Gasteiger partial charge in [-0.1, -0.05) is 96.8 Å². The highest BCUT2D eigenvalue weighted by Crippen LogP contribution is 2.50. The average Bonchev–Trinajstić information content (AvgIpc) is 3.71. The molecule has 364 valence electrons. The number of phosphoric ester groups is 1. The van der Waals surface area contributed by atoms with Crippen molar-refractivity contribution in [3.05, 3.63) is 45.5 Å². The molecule has 2 aliphatic rings. The fraction of sp³-hybridized carbons (Fsp3) is 0.795. The number of ether oxygens (including phenoxy) is 4. The Bertz CT molecular complexity index is 1870. The number of hydrogen-bond donors (Lipinski definition) is 3. The Morgan fingerprint density at radius 1 is 0.812 bits per heavy atom. The molecule has 2 saturated heterocycles. The summed E-state index contributed by atoms with van der Waals surface area (Å²) in [4.78, 5) is 60.3. The molecule has 5 unspecified atom stereocenters. The summed E-state index contributed by atoms with van der Waals surface area (Å²) in [6.07, 6.45) is 9.60. The Balaban J connectivity index is 1.53. The van der Waals surface area contributed by atoms with E-state index in [0.29, 0.717) is 6.42 Å². The number of carbonyl (C=O) groups is 1. The minimum atomic E-state index is -4.87. The van der Waals surface area contributed by atoms with E-state index in [9.17, 15) is 23.8 Å². The van der Waals surface area contributed by atoms with Crippen LogP contribution in [0.25, 0.3) is 0 Å². The van der Waals surface area contributed by atoms with Gasteiger partial charge in [0.2, 0.25) is 5.91 Å². The van der Waals surface area contributed by atoms with Crippen LogP contribution in [0.15, 0.2) is 34.1 Å². The molecule has 2 aromatic rings. The molecule has 18 nitrogen and oxygen atoms in total. The van der Waals surface area contributed by atoms with Crippen molar-refractivity contribution in [2.45, 2.75) is 193 Å². The normalized spacial score (nSPS) is 24.5. The summed E-state index contributed by atoms with van der Waals surface area (Å²) in [5.41, 5.74) is 9.90. The molecular weight excluding hydrogens is 852 g/mol. The van der Waals surface area contributed by atoms with Gasteiger partial charge in [-0.3, -0.25) is 23.0 Å². The zero-order chi connectivity index (χ0) is 46.8. The van der Waals surface area contributed by atoms with Gasteiger partial charge in [0.1, 0.15) is 29.9 Å². The van der Waals surface area contributed by atoms with Gasteiger partial charge in [-0.2, -0.15) is 9.97 Å². The summed E-state index contributed by atoms with van der Waals surface area (Å²) in [5, 5.41) is 0. The minimum Gasteiger partial charge on any atom is -0.383 e. The Morgan fingerprint density at radius 2 is 1.31 bits per heavy atom. The number of carbonyl (C=O) groups excluding carboxylic acids is 1. The van der Waals surface area contributed by atoms with Crippen LogP contribution < -0.4 is 22.8 Å². The summed E-state index contributed by atoms with van der Waals surface area (Å²) >= 11 is 0. The molecule has 1 amide bonds. The number of nitrogens with zero attached hydrogens (tertiary/aromatic N) is 5. The second-order valence-corrected chi connectivity index (χ2v) is 19.0. The van der Waals surface area contributed by atoms with Gasteiger partial charge < -0.3 is 40.2 Å². The zero-order valence-corrected chi connectivity index (χ0v) is 39.7. The van der Waals surface area contributed by atoms with Crippen molar-refractivity contribution in [1.82, 2.24) is 24.0 Å². The number of unbranched alkanes of at least 4 members (excludes halogenated alkanes) is 14. The fourth-order valence-electron chi connectivity index (χ4n) is 8.41. The van der Waals surface area contributed by atoms with Crippen molar-refractivity contribution < 1.29 is 46.6 Å². The van der Waals surface area contributed by atoms with E-state index in [1.165, 1.54) is 119 Å². The molecule has 20 heteroatoms. The quantitative estimate of drug-likeness (QED) is 0.0537. The highest BCUT2D eigenvalue weighted by atomic mass is 31.2. The van der Waals surface area contributed by atoms with Gasteiger partial charge in [-0.15, -0.1) is 0 Å². The summed E-state index contributed by atoms with van der Waals surface area (Å²) in [6, 6.07) is 2.76. The van der Waals surface area contributed by atoms with Crippen LogP contribution >= 0.6 is 7.82 Å². The first-order valence-corrected chi connectivity index (χ1v) is 24.8. The number of methoxy groups -OCH3 is 1. The molecular formula is C44H75FN7O11P. The number of nitrogen functional groups attached to an aromatic ring is 2. The van der Waals surface area contributed by atoms with Gasteiger partial charge in [0, 0.05) is 44.9 Å². The average molecular weight is 928 g/mol. The van der Waals surface area contributed by atoms with Crippen molar-refractivity contribution >= 4 is 25.4 Å². The molecule has 4 rings (SSSR count). The first-order chi connectivity index (χ1) is 30.5.